The molecule has 2 heterocycles. The second-order valence-corrected chi connectivity index (χ2v) is 5.23. The summed E-state index contributed by atoms with van der Waals surface area (Å²) in [5.41, 5.74) is 0.926. The van der Waals surface area contributed by atoms with Crippen molar-refractivity contribution in [2.75, 3.05) is 0 Å². The zero-order chi connectivity index (χ0) is 10.8. The van der Waals surface area contributed by atoms with E-state index in [9.17, 15) is 0 Å². The minimum Gasteiger partial charge on any atom is -0.361 e. The van der Waals surface area contributed by atoms with E-state index >= 15 is 0 Å². The molecule has 0 bridgehead atoms. The van der Waals surface area contributed by atoms with Crippen molar-refractivity contribution >= 4 is 27.3 Å². The first-order valence-electron chi connectivity index (χ1n) is 4.61. The Hall–Kier alpha value is -0.750. The molecule has 0 aliphatic rings. The molecule has 0 aliphatic carbocycles. The number of hydrogen-bond donors (Lipinski definition) is 0. The minimum atomic E-state index is 0.281. The van der Waals surface area contributed by atoms with Crippen LogP contribution in [0.2, 0.25) is 0 Å². The van der Waals surface area contributed by atoms with Gasteiger partial charge in [0.1, 0.15) is 10.8 Å². The first-order valence-corrected chi connectivity index (χ1v) is 6.34. The van der Waals surface area contributed by atoms with Crippen molar-refractivity contribution < 1.29 is 4.52 Å². The Labute approximate surface area is 99.8 Å². The van der Waals surface area contributed by atoms with E-state index in [1.807, 2.05) is 6.92 Å². The molecule has 2 aromatic heterocycles. The Balaban J connectivity index is 2.32. The van der Waals surface area contributed by atoms with Gasteiger partial charge in [0.05, 0.1) is 16.6 Å². The molecule has 0 spiro atoms. The molecular formula is C9H10BrN3OS. The summed E-state index contributed by atoms with van der Waals surface area (Å²) in [6.45, 7) is 3.97. The van der Waals surface area contributed by atoms with Gasteiger partial charge in [0.15, 0.2) is 5.01 Å². The van der Waals surface area contributed by atoms with Crippen LogP contribution in [0.5, 0.6) is 0 Å². The zero-order valence-electron chi connectivity index (χ0n) is 8.40. The van der Waals surface area contributed by atoms with E-state index in [2.05, 4.69) is 38.2 Å². The van der Waals surface area contributed by atoms with Crippen molar-refractivity contribution in [3.05, 3.63) is 17.0 Å². The van der Waals surface area contributed by atoms with Crippen LogP contribution in [0, 0.1) is 6.92 Å². The molecule has 15 heavy (non-hydrogen) atoms. The van der Waals surface area contributed by atoms with E-state index in [-0.39, 0.29) is 4.83 Å². The van der Waals surface area contributed by atoms with Gasteiger partial charge in [-0.3, -0.25) is 0 Å². The predicted octanol–water partition coefficient (Wildman–Crippen LogP) is 3.35. The van der Waals surface area contributed by atoms with Gasteiger partial charge in [0, 0.05) is 0 Å². The Morgan fingerprint density at radius 2 is 2.33 bits per heavy atom. The number of alkyl halides is 1. The van der Waals surface area contributed by atoms with E-state index in [4.69, 9.17) is 4.52 Å². The zero-order valence-corrected chi connectivity index (χ0v) is 10.8. The lowest BCUT2D eigenvalue weighted by atomic mass is 10.3. The van der Waals surface area contributed by atoms with E-state index in [1.54, 1.807) is 17.5 Å². The Morgan fingerprint density at radius 1 is 1.53 bits per heavy atom. The Morgan fingerprint density at radius 3 is 2.93 bits per heavy atom. The summed E-state index contributed by atoms with van der Waals surface area (Å²) in [6, 6.07) is 0. The summed E-state index contributed by atoms with van der Waals surface area (Å²) in [4.78, 5) is 0.281. The number of aromatic nitrogens is 3. The number of rotatable bonds is 3. The molecule has 0 saturated carbocycles. The topological polar surface area (TPSA) is 51.8 Å². The lowest BCUT2D eigenvalue weighted by molar-refractivity contribution is 0.398. The highest BCUT2D eigenvalue weighted by Gasteiger charge is 2.15. The van der Waals surface area contributed by atoms with Gasteiger partial charge in [-0.05, 0) is 13.3 Å². The molecule has 4 nitrogen and oxygen atoms in total. The van der Waals surface area contributed by atoms with Crippen LogP contribution in [-0.4, -0.2) is 15.4 Å². The van der Waals surface area contributed by atoms with Crippen LogP contribution < -0.4 is 0 Å². The number of aryl methyl sites for hydroxylation is 1. The first kappa shape index (κ1) is 10.8. The van der Waals surface area contributed by atoms with Crippen molar-refractivity contribution in [3.8, 4) is 10.6 Å². The Bertz CT molecular complexity index is 454. The first-order chi connectivity index (χ1) is 7.22. The maximum atomic E-state index is 4.99. The van der Waals surface area contributed by atoms with Gasteiger partial charge in [0.2, 0.25) is 0 Å². The fourth-order valence-corrected chi connectivity index (χ4v) is 2.48. The minimum absolute atomic E-state index is 0.281. The van der Waals surface area contributed by atoms with Crippen molar-refractivity contribution in [2.24, 2.45) is 0 Å². The quantitative estimate of drug-likeness (QED) is 0.813. The van der Waals surface area contributed by atoms with E-state index in [0.29, 0.717) is 0 Å². The van der Waals surface area contributed by atoms with Gasteiger partial charge in [-0.1, -0.05) is 39.3 Å². The molecule has 0 radical (unpaired) electrons. The molecule has 80 valence electrons. The highest BCUT2D eigenvalue weighted by Crippen LogP contribution is 2.33. The van der Waals surface area contributed by atoms with Gasteiger partial charge in [-0.2, -0.15) is 0 Å². The van der Waals surface area contributed by atoms with E-state index in [1.165, 1.54) is 0 Å². The molecule has 0 aromatic carbocycles. The van der Waals surface area contributed by atoms with Gasteiger partial charge in [-0.25, -0.2) is 0 Å². The third-order valence-corrected chi connectivity index (χ3v) is 4.50. The van der Waals surface area contributed by atoms with Crippen LogP contribution in [0.15, 0.2) is 10.7 Å². The number of hydrogen-bond acceptors (Lipinski definition) is 5. The standard InChI is InChI=1S/C9H10BrN3OS/c1-3-7(10)9-13-12-8(15-9)6-4-11-14-5(6)2/h4,7H,3H2,1-2H3. The van der Waals surface area contributed by atoms with Crippen molar-refractivity contribution in [1.82, 2.24) is 15.4 Å². The van der Waals surface area contributed by atoms with Gasteiger partial charge in [-0.15, -0.1) is 10.2 Å². The summed E-state index contributed by atoms with van der Waals surface area (Å²) in [6.07, 6.45) is 2.67. The summed E-state index contributed by atoms with van der Waals surface area (Å²) in [5.74, 6) is 0.778. The molecule has 2 rings (SSSR count). The van der Waals surface area contributed by atoms with Crippen LogP contribution in [-0.2, 0) is 0 Å². The molecule has 0 amide bonds. The molecule has 0 N–H and O–H groups in total. The molecular weight excluding hydrogens is 278 g/mol. The molecule has 0 fully saturated rings. The average molecular weight is 288 g/mol. The predicted molar refractivity (Wildman–Crippen MR) is 62.1 cm³/mol. The third kappa shape index (κ3) is 2.10. The van der Waals surface area contributed by atoms with Gasteiger partial charge < -0.3 is 4.52 Å². The van der Waals surface area contributed by atoms with Crippen molar-refractivity contribution in [1.29, 1.82) is 0 Å². The van der Waals surface area contributed by atoms with E-state index in [0.717, 1.165) is 27.8 Å². The summed E-state index contributed by atoms with van der Waals surface area (Å²) >= 11 is 5.12. The van der Waals surface area contributed by atoms with Crippen molar-refractivity contribution in [2.45, 2.75) is 25.1 Å². The number of nitrogens with zero attached hydrogens (tertiary/aromatic N) is 3. The Kier molecular flexibility index (Phi) is 3.16. The fraction of sp³-hybridized carbons (Fsp3) is 0.444. The van der Waals surface area contributed by atoms with Crippen LogP contribution >= 0.6 is 27.3 Å². The van der Waals surface area contributed by atoms with Gasteiger partial charge in [0.25, 0.3) is 0 Å². The van der Waals surface area contributed by atoms with Crippen molar-refractivity contribution in [3.63, 3.8) is 0 Å². The SMILES string of the molecule is CCC(Br)c1nnc(-c2cnoc2C)s1. The summed E-state index contributed by atoms with van der Waals surface area (Å²) in [7, 11) is 0. The molecule has 6 heteroatoms. The second-order valence-electron chi connectivity index (χ2n) is 3.12. The molecule has 0 aliphatic heterocycles. The highest BCUT2D eigenvalue weighted by atomic mass is 79.9. The maximum absolute atomic E-state index is 4.99. The largest absolute Gasteiger partial charge is 0.361 e. The normalized spacial score (nSPS) is 13.0. The van der Waals surface area contributed by atoms with Crippen LogP contribution in [0.3, 0.4) is 0 Å². The van der Waals surface area contributed by atoms with Gasteiger partial charge >= 0.3 is 0 Å². The highest BCUT2D eigenvalue weighted by molar-refractivity contribution is 9.09. The molecule has 0 saturated heterocycles. The second kappa shape index (κ2) is 4.40. The smallest absolute Gasteiger partial charge is 0.153 e. The van der Waals surface area contributed by atoms with Crippen LogP contribution in [0.4, 0.5) is 0 Å². The maximum Gasteiger partial charge on any atom is 0.153 e. The lowest BCUT2D eigenvalue weighted by Crippen LogP contribution is -1.84. The van der Waals surface area contributed by atoms with E-state index < -0.39 is 0 Å². The summed E-state index contributed by atoms with van der Waals surface area (Å²) < 4.78 is 4.99. The van der Waals surface area contributed by atoms with Crippen LogP contribution in [0.25, 0.3) is 10.6 Å². The molecule has 1 unspecified atom stereocenters. The third-order valence-electron chi connectivity index (χ3n) is 2.05. The number of halogens is 1. The average Bonchev–Trinajstić information content (AvgIpc) is 2.84. The van der Waals surface area contributed by atoms with Crippen LogP contribution in [0.1, 0.15) is 28.9 Å². The summed E-state index contributed by atoms with van der Waals surface area (Å²) in [5, 5.41) is 13.8. The lowest BCUT2D eigenvalue weighted by Gasteiger charge is -1.97. The monoisotopic (exact) mass is 287 g/mol. The molecule has 1 atom stereocenters. The molecule has 2 aromatic rings. The fourth-order valence-electron chi connectivity index (χ4n) is 1.15.